The lowest BCUT2D eigenvalue weighted by Gasteiger charge is -2.13. The van der Waals surface area contributed by atoms with Crippen molar-refractivity contribution in [3.63, 3.8) is 0 Å². The first-order valence-electron chi connectivity index (χ1n) is 5.63. The predicted molar refractivity (Wildman–Crippen MR) is 67.0 cm³/mol. The highest BCUT2D eigenvalue weighted by Crippen LogP contribution is 2.34. The third kappa shape index (κ3) is 2.16. The first-order valence-corrected chi connectivity index (χ1v) is 5.63. The second kappa shape index (κ2) is 4.68. The maximum absolute atomic E-state index is 14.1. The lowest BCUT2D eigenvalue weighted by molar-refractivity contribution is 0.400. The second-order valence-corrected chi connectivity index (χ2v) is 4.34. The van der Waals surface area contributed by atoms with Crippen molar-refractivity contribution in [1.82, 2.24) is 5.16 Å². The van der Waals surface area contributed by atoms with E-state index >= 15 is 0 Å². The fourth-order valence-electron chi connectivity index (χ4n) is 1.89. The summed E-state index contributed by atoms with van der Waals surface area (Å²) in [4.78, 5) is 0. The van der Waals surface area contributed by atoms with Crippen LogP contribution in [-0.2, 0) is 0 Å². The SMILES string of the molecule is COc1cc(-c2cc(N)no2)cc(F)c1C(C)C. The Hall–Kier alpha value is -2.04. The molecule has 18 heavy (non-hydrogen) atoms. The molecule has 2 N–H and O–H groups in total. The summed E-state index contributed by atoms with van der Waals surface area (Å²) in [7, 11) is 1.51. The molecule has 96 valence electrons. The molecule has 0 amide bonds. The Morgan fingerprint density at radius 1 is 1.33 bits per heavy atom. The Balaban J connectivity index is 2.55. The molecule has 0 atom stereocenters. The first-order chi connectivity index (χ1) is 8.52. The van der Waals surface area contributed by atoms with E-state index in [1.165, 1.54) is 13.2 Å². The van der Waals surface area contributed by atoms with Gasteiger partial charge in [0.25, 0.3) is 0 Å². The number of anilines is 1. The Bertz CT molecular complexity index is 564. The van der Waals surface area contributed by atoms with Gasteiger partial charge in [-0.25, -0.2) is 4.39 Å². The minimum atomic E-state index is -0.325. The fraction of sp³-hybridized carbons (Fsp3) is 0.308. The van der Waals surface area contributed by atoms with Gasteiger partial charge < -0.3 is 15.0 Å². The Kier molecular flexibility index (Phi) is 3.23. The van der Waals surface area contributed by atoms with E-state index in [9.17, 15) is 4.39 Å². The van der Waals surface area contributed by atoms with Crippen LogP contribution in [0.1, 0.15) is 25.3 Å². The monoisotopic (exact) mass is 250 g/mol. The number of halogens is 1. The molecule has 2 rings (SSSR count). The summed E-state index contributed by atoms with van der Waals surface area (Å²) in [6.07, 6.45) is 0. The maximum atomic E-state index is 14.1. The highest BCUT2D eigenvalue weighted by atomic mass is 19.1. The van der Waals surface area contributed by atoms with Gasteiger partial charge >= 0.3 is 0 Å². The van der Waals surface area contributed by atoms with E-state index < -0.39 is 0 Å². The van der Waals surface area contributed by atoms with Crippen molar-refractivity contribution in [2.45, 2.75) is 19.8 Å². The zero-order chi connectivity index (χ0) is 13.3. The molecule has 0 saturated heterocycles. The van der Waals surface area contributed by atoms with Crippen LogP contribution >= 0.6 is 0 Å². The summed E-state index contributed by atoms with van der Waals surface area (Å²) in [5.74, 6) is 0.885. The molecule has 0 radical (unpaired) electrons. The van der Waals surface area contributed by atoms with Crippen molar-refractivity contribution in [3.8, 4) is 17.1 Å². The molecule has 0 fully saturated rings. The van der Waals surface area contributed by atoms with Gasteiger partial charge in [-0.15, -0.1) is 0 Å². The van der Waals surface area contributed by atoms with Crippen molar-refractivity contribution in [2.75, 3.05) is 12.8 Å². The summed E-state index contributed by atoms with van der Waals surface area (Å²) in [6.45, 7) is 3.82. The molecule has 0 aliphatic rings. The standard InChI is InChI=1S/C13H15FN2O2/c1-7(2)13-9(14)4-8(5-11(13)17-3)10-6-12(15)16-18-10/h4-7H,1-3H3,(H2,15,16). The van der Waals surface area contributed by atoms with E-state index in [1.54, 1.807) is 12.1 Å². The number of ether oxygens (including phenoxy) is 1. The van der Waals surface area contributed by atoms with Crippen LogP contribution in [0.25, 0.3) is 11.3 Å². The molecule has 0 saturated carbocycles. The summed E-state index contributed by atoms with van der Waals surface area (Å²) in [6, 6.07) is 4.67. The van der Waals surface area contributed by atoms with Gasteiger partial charge in [0.1, 0.15) is 11.6 Å². The average Bonchev–Trinajstić information content (AvgIpc) is 2.74. The molecular formula is C13H15FN2O2. The van der Waals surface area contributed by atoms with Crippen LogP contribution in [0.2, 0.25) is 0 Å². The molecule has 0 unspecified atom stereocenters. The van der Waals surface area contributed by atoms with Gasteiger partial charge in [-0.1, -0.05) is 19.0 Å². The number of hydrogen-bond acceptors (Lipinski definition) is 4. The van der Waals surface area contributed by atoms with Crippen molar-refractivity contribution in [2.24, 2.45) is 0 Å². The van der Waals surface area contributed by atoms with E-state index in [4.69, 9.17) is 15.0 Å². The molecule has 0 aliphatic carbocycles. The molecule has 0 aliphatic heterocycles. The number of hydrogen-bond donors (Lipinski definition) is 1. The molecule has 1 heterocycles. The first kappa shape index (κ1) is 12.4. The molecule has 0 bridgehead atoms. The third-order valence-electron chi connectivity index (χ3n) is 2.70. The molecule has 1 aromatic carbocycles. The van der Waals surface area contributed by atoms with Gasteiger partial charge in [-0.3, -0.25) is 0 Å². The zero-order valence-electron chi connectivity index (χ0n) is 10.5. The van der Waals surface area contributed by atoms with Gasteiger partial charge in [0, 0.05) is 17.2 Å². The van der Waals surface area contributed by atoms with Crippen LogP contribution in [-0.4, -0.2) is 12.3 Å². The molecular weight excluding hydrogens is 235 g/mol. The van der Waals surface area contributed by atoms with Crippen LogP contribution < -0.4 is 10.5 Å². The Morgan fingerprint density at radius 3 is 2.56 bits per heavy atom. The number of nitrogens with two attached hydrogens (primary N) is 1. The number of nitrogen functional groups attached to an aromatic ring is 1. The zero-order valence-corrected chi connectivity index (χ0v) is 10.5. The lowest BCUT2D eigenvalue weighted by atomic mass is 9.98. The number of nitrogens with zero attached hydrogens (tertiary/aromatic N) is 1. The molecule has 1 aromatic heterocycles. The fourth-order valence-corrected chi connectivity index (χ4v) is 1.89. The summed E-state index contributed by atoms with van der Waals surface area (Å²) in [5, 5.41) is 3.58. The van der Waals surface area contributed by atoms with E-state index in [1.807, 2.05) is 13.8 Å². The van der Waals surface area contributed by atoms with Crippen LogP contribution in [0.15, 0.2) is 22.7 Å². The summed E-state index contributed by atoms with van der Waals surface area (Å²) in [5.41, 5.74) is 6.58. The predicted octanol–water partition coefficient (Wildman–Crippen LogP) is 3.19. The lowest BCUT2D eigenvalue weighted by Crippen LogP contribution is -1.99. The van der Waals surface area contributed by atoms with Gasteiger partial charge in [0.15, 0.2) is 11.6 Å². The molecule has 5 heteroatoms. The van der Waals surface area contributed by atoms with Crippen molar-refractivity contribution in [1.29, 1.82) is 0 Å². The minimum Gasteiger partial charge on any atom is -0.496 e. The topological polar surface area (TPSA) is 61.3 Å². The van der Waals surface area contributed by atoms with Gasteiger partial charge in [0.05, 0.1) is 7.11 Å². The largest absolute Gasteiger partial charge is 0.496 e. The Labute approximate surface area is 105 Å². The highest BCUT2D eigenvalue weighted by molar-refractivity contribution is 5.63. The number of aromatic nitrogens is 1. The van der Waals surface area contributed by atoms with Crippen LogP contribution in [0.3, 0.4) is 0 Å². The average molecular weight is 250 g/mol. The smallest absolute Gasteiger partial charge is 0.169 e. The quantitative estimate of drug-likeness (QED) is 0.908. The summed E-state index contributed by atoms with van der Waals surface area (Å²) >= 11 is 0. The van der Waals surface area contributed by atoms with E-state index in [2.05, 4.69) is 5.16 Å². The maximum Gasteiger partial charge on any atom is 0.169 e. The van der Waals surface area contributed by atoms with Crippen LogP contribution in [0.5, 0.6) is 5.75 Å². The van der Waals surface area contributed by atoms with Gasteiger partial charge in [0.2, 0.25) is 0 Å². The van der Waals surface area contributed by atoms with Gasteiger partial charge in [-0.2, -0.15) is 0 Å². The normalized spacial score (nSPS) is 10.9. The van der Waals surface area contributed by atoms with Gasteiger partial charge in [-0.05, 0) is 18.1 Å². The highest BCUT2D eigenvalue weighted by Gasteiger charge is 2.17. The van der Waals surface area contributed by atoms with Crippen LogP contribution in [0.4, 0.5) is 10.2 Å². The summed E-state index contributed by atoms with van der Waals surface area (Å²) < 4.78 is 24.3. The number of methoxy groups -OCH3 is 1. The number of rotatable bonds is 3. The molecule has 4 nitrogen and oxygen atoms in total. The third-order valence-corrected chi connectivity index (χ3v) is 2.70. The van der Waals surface area contributed by atoms with Crippen molar-refractivity contribution >= 4 is 5.82 Å². The second-order valence-electron chi connectivity index (χ2n) is 4.34. The number of benzene rings is 1. The van der Waals surface area contributed by atoms with E-state index in [0.717, 1.165) is 0 Å². The van der Waals surface area contributed by atoms with Crippen molar-refractivity contribution in [3.05, 3.63) is 29.6 Å². The van der Waals surface area contributed by atoms with Crippen LogP contribution in [0, 0.1) is 5.82 Å². The Morgan fingerprint density at radius 2 is 2.06 bits per heavy atom. The molecule has 0 spiro atoms. The van der Waals surface area contributed by atoms with E-state index in [0.29, 0.717) is 22.6 Å². The van der Waals surface area contributed by atoms with E-state index in [-0.39, 0.29) is 17.6 Å². The van der Waals surface area contributed by atoms with Crippen molar-refractivity contribution < 1.29 is 13.7 Å². The molecule has 2 aromatic rings. The minimum absolute atomic E-state index is 0.0359.